The maximum Gasteiger partial charge on any atom is 0.303 e. The fourth-order valence-corrected chi connectivity index (χ4v) is 1.93. The van der Waals surface area contributed by atoms with Crippen LogP contribution in [0.15, 0.2) is 39.7 Å². The van der Waals surface area contributed by atoms with E-state index in [2.05, 4.69) is 10.3 Å². The van der Waals surface area contributed by atoms with Crippen molar-refractivity contribution in [1.82, 2.24) is 10.3 Å². The van der Waals surface area contributed by atoms with Gasteiger partial charge in [0.25, 0.3) is 11.5 Å². The fraction of sp³-hybridized carbons (Fsp3) is 0.267. The Morgan fingerprint density at radius 2 is 2.05 bits per heavy atom. The molecule has 0 aliphatic carbocycles. The number of carboxylic acid groups (broad SMARTS) is 1. The summed E-state index contributed by atoms with van der Waals surface area (Å²) >= 11 is 0. The van der Waals surface area contributed by atoms with Gasteiger partial charge in [0.05, 0.1) is 12.0 Å². The van der Waals surface area contributed by atoms with Gasteiger partial charge in [-0.2, -0.15) is 0 Å². The minimum atomic E-state index is -0.865. The summed E-state index contributed by atoms with van der Waals surface area (Å²) in [6.45, 7) is 0.325. The summed E-state index contributed by atoms with van der Waals surface area (Å²) < 4.78 is 5.17. The Morgan fingerprint density at radius 3 is 2.68 bits per heavy atom. The van der Waals surface area contributed by atoms with E-state index in [1.165, 1.54) is 12.3 Å². The second-order valence-corrected chi connectivity index (χ2v) is 4.70. The third kappa shape index (κ3) is 4.08. The number of pyridine rings is 1. The average molecular weight is 304 g/mol. The molecule has 0 atom stereocenters. The van der Waals surface area contributed by atoms with E-state index in [1.807, 2.05) is 0 Å². The van der Waals surface area contributed by atoms with Crippen molar-refractivity contribution in [2.75, 3.05) is 6.54 Å². The first-order valence-corrected chi connectivity index (χ1v) is 6.85. The van der Waals surface area contributed by atoms with Crippen LogP contribution in [-0.4, -0.2) is 28.5 Å². The number of carbonyl (C=O) groups is 2. The number of rotatable bonds is 7. The molecular weight excluding hydrogens is 288 g/mol. The molecule has 0 saturated heterocycles. The smallest absolute Gasteiger partial charge is 0.303 e. The van der Waals surface area contributed by atoms with Crippen LogP contribution in [0.2, 0.25) is 0 Å². The molecule has 22 heavy (non-hydrogen) atoms. The molecule has 0 bridgehead atoms. The molecule has 2 aromatic heterocycles. The molecule has 3 N–H and O–H groups in total. The lowest BCUT2D eigenvalue weighted by molar-refractivity contribution is -0.137. The van der Waals surface area contributed by atoms with E-state index in [0.717, 1.165) is 0 Å². The van der Waals surface area contributed by atoms with E-state index in [4.69, 9.17) is 9.52 Å². The van der Waals surface area contributed by atoms with Crippen molar-refractivity contribution in [3.63, 3.8) is 0 Å². The molecule has 0 unspecified atom stereocenters. The standard InChI is InChI=1S/C15H16N2O5/c18-13(19)5-1-2-8-16-14(20)10-6-7-11(17-15(10)21)12-4-3-9-22-12/h3-4,6-7,9H,1-2,5,8H2,(H,16,20)(H,17,21)(H,18,19). The summed E-state index contributed by atoms with van der Waals surface area (Å²) in [7, 11) is 0. The number of unbranched alkanes of at least 4 members (excludes halogenated alkanes) is 1. The van der Waals surface area contributed by atoms with Crippen LogP contribution >= 0.6 is 0 Å². The zero-order valence-corrected chi connectivity index (χ0v) is 11.8. The molecular formula is C15H16N2O5. The summed E-state index contributed by atoms with van der Waals surface area (Å²) in [5, 5.41) is 11.1. The van der Waals surface area contributed by atoms with Crippen LogP contribution in [0.5, 0.6) is 0 Å². The average Bonchev–Trinajstić information content (AvgIpc) is 3.00. The van der Waals surface area contributed by atoms with E-state index < -0.39 is 17.4 Å². The number of nitrogens with one attached hydrogen (secondary N) is 2. The molecule has 0 fully saturated rings. The normalized spacial score (nSPS) is 10.4. The van der Waals surface area contributed by atoms with Crippen LogP contribution in [0.1, 0.15) is 29.6 Å². The van der Waals surface area contributed by atoms with Gasteiger partial charge in [-0.1, -0.05) is 0 Å². The van der Waals surface area contributed by atoms with Crippen LogP contribution in [0.3, 0.4) is 0 Å². The highest BCUT2D eigenvalue weighted by Crippen LogP contribution is 2.15. The summed E-state index contributed by atoms with van der Waals surface area (Å²) in [6, 6.07) is 6.43. The third-order valence-corrected chi connectivity index (χ3v) is 3.04. The third-order valence-electron chi connectivity index (χ3n) is 3.04. The second kappa shape index (κ2) is 7.26. The van der Waals surface area contributed by atoms with Crippen molar-refractivity contribution in [2.24, 2.45) is 0 Å². The lowest BCUT2D eigenvalue weighted by Gasteiger charge is -2.05. The predicted molar refractivity (Wildman–Crippen MR) is 78.6 cm³/mol. The van der Waals surface area contributed by atoms with Crippen LogP contribution < -0.4 is 10.9 Å². The minimum Gasteiger partial charge on any atom is -0.481 e. The number of furan rings is 1. The zero-order chi connectivity index (χ0) is 15.9. The monoisotopic (exact) mass is 304 g/mol. The Labute approximate surface area is 126 Å². The number of aromatic nitrogens is 1. The zero-order valence-electron chi connectivity index (χ0n) is 11.8. The minimum absolute atomic E-state index is 0.00791. The molecule has 1 amide bonds. The highest BCUT2D eigenvalue weighted by Gasteiger charge is 2.11. The van der Waals surface area contributed by atoms with E-state index in [9.17, 15) is 14.4 Å². The highest BCUT2D eigenvalue weighted by atomic mass is 16.4. The molecule has 0 radical (unpaired) electrons. The Hall–Kier alpha value is -2.83. The number of carboxylic acids is 1. The van der Waals surface area contributed by atoms with E-state index in [0.29, 0.717) is 30.8 Å². The number of hydrogen-bond donors (Lipinski definition) is 3. The van der Waals surface area contributed by atoms with E-state index in [-0.39, 0.29) is 12.0 Å². The van der Waals surface area contributed by atoms with Crippen molar-refractivity contribution >= 4 is 11.9 Å². The van der Waals surface area contributed by atoms with Crippen LogP contribution in [0.4, 0.5) is 0 Å². The van der Waals surface area contributed by atoms with Gasteiger partial charge in [0.2, 0.25) is 0 Å². The Kier molecular flexibility index (Phi) is 5.13. The molecule has 116 valence electrons. The first-order valence-electron chi connectivity index (χ1n) is 6.85. The number of aromatic amines is 1. The maximum atomic E-state index is 11.9. The van der Waals surface area contributed by atoms with E-state index >= 15 is 0 Å². The van der Waals surface area contributed by atoms with Gasteiger partial charge in [0, 0.05) is 13.0 Å². The van der Waals surface area contributed by atoms with Gasteiger partial charge in [-0.25, -0.2) is 0 Å². The van der Waals surface area contributed by atoms with Crippen LogP contribution in [0, 0.1) is 0 Å². The number of amides is 1. The van der Waals surface area contributed by atoms with Gasteiger partial charge in [-0.15, -0.1) is 0 Å². The Balaban J connectivity index is 1.93. The summed E-state index contributed by atoms with van der Waals surface area (Å²) in [5.74, 6) is -0.836. The summed E-state index contributed by atoms with van der Waals surface area (Å²) in [5.41, 5.74) is -0.00140. The SMILES string of the molecule is O=C(O)CCCCNC(=O)c1ccc(-c2ccco2)[nH]c1=O. The Morgan fingerprint density at radius 1 is 1.23 bits per heavy atom. The van der Waals surface area contributed by atoms with Gasteiger partial charge in [0.15, 0.2) is 0 Å². The molecule has 0 saturated carbocycles. The highest BCUT2D eigenvalue weighted by molar-refractivity contribution is 5.94. The lowest BCUT2D eigenvalue weighted by Crippen LogP contribution is -2.30. The van der Waals surface area contributed by atoms with E-state index in [1.54, 1.807) is 18.2 Å². The topological polar surface area (TPSA) is 112 Å². The van der Waals surface area contributed by atoms with Gasteiger partial charge >= 0.3 is 5.97 Å². The maximum absolute atomic E-state index is 11.9. The van der Waals surface area contributed by atoms with Crippen LogP contribution in [-0.2, 0) is 4.79 Å². The summed E-state index contributed by atoms with van der Waals surface area (Å²) in [6.07, 6.45) is 2.57. The van der Waals surface area contributed by atoms with Crippen molar-refractivity contribution < 1.29 is 19.1 Å². The lowest BCUT2D eigenvalue weighted by atomic mass is 10.2. The second-order valence-electron chi connectivity index (χ2n) is 4.70. The first-order chi connectivity index (χ1) is 10.6. The summed E-state index contributed by atoms with van der Waals surface area (Å²) in [4.78, 5) is 36.7. The van der Waals surface area contributed by atoms with Crippen LogP contribution in [0.25, 0.3) is 11.5 Å². The largest absolute Gasteiger partial charge is 0.481 e. The molecule has 0 aliphatic rings. The van der Waals surface area contributed by atoms with Gasteiger partial charge in [0.1, 0.15) is 11.3 Å². The number of carbonyl (C=O) groups excluding carboxylic acids is 1. The van der Waals surface area contributed by atoms with Crippen molar-refractivity contribution in [3.05, 3.63) is 46.4 Å². The molecule has 2 heterocycles. The fourth-order valence-electron chi connectivity index (χ4n) is 1.93. The molecule has 0 aliphatic heterocycles. The van der Waals surface area contributed by atoms with Crippen molar-refractivity contribution in [1.29, 1.82) is 0 Å². The molecule has 0 spiro atoms. The van der Waals surface area contributed by atoms with Crippen molar-refractivity contribution in [2.45, 2.75) is 19.3 Å². The number of aliphatic carboxylic acids is 1. The quantitative estimate of drug-likeness (QED) is 0.673. The molecule has 0 aromatic carbocycles. The number of H-pyrrole nitrogens is 1. The van der Waals surface area contributed by atoms with Crippen molar-refractivity contribution in [3.8, 4) is 11.5 Å². The number of hydrogen-bond acceptors (Lipinski definition) is 4. The molecule has 2 rings (SSSR count). The van der Waals surface area contributed by atoms with Gasteiger partial charge < -0.3 is 19.8 Å². The molecule has 2 aromatic rings. The van der Waals surface area contributed by atoms with Gasteiger partial charge in [-0.05, 0) is 37.1 Å². The van der Waals surface area contributed by atoms with Gasteiger partial charge in [-0.3, -0.25) is 14.4 Å². The first kappa shape index (κ1) is 15.6. The molecule has 7 heteroatoms. The predicted octanol–water partition coefficient (Wildman–Crippen LogP) is 1.62. The molecule has 7 nitrogen and oxygen atoms in total. The Bertz CT molecular complexity index is 703.